The number of carbonyl (C=O) groups excluding carboxylic acids is 1. The maximum Gasteiger partial charge on any atom is 0.211 e. The van der Waals surface area contributed by atoms with Gasteiger partial charge in [-0.25, -0.2) is 0 Å². The first-order valence-corrected chi connectivity index (χ1v) is 5.76. The van der Waals surface area contributed by atoms with Crippen LogP contribution in [0.2, 0.25) is 0 Å². The summed E-state index contributed by atoms with van der Waals surface area (Å²) in [6, 6.07) is 3.99. The number of furan rings is 1. The number of carbonyl (C=O) groups is 1. The van der Waals surface area contributed by atoms with Crippen molar-refractivity contribution in [1.29, 1.82) is 0 Å². The highest BCUT2D eigenvalue weighted by Gasteiger charge is 2.21. The lowest BCUT2D eigenvalue weighted by atomic mass is 10.1. The van der Waals surface area contributed by atoms with E-state index < -0.39 is 0 Å². The van der Waals surface area contributed by atoms with Gasteiger partial charge < -0.3 is 9.73 Å². The zero-order valence-electron chi connectivity index (χ0n) is 9.61. The SMILES string of the molecule is CNC1CCCN(CC(=O)c2ccco2)C1. The van der Waals surface area contributed by atoms with Crippen LogP contribution in [0.1, 0.15) is 23.4 Å². The number of rotatable bonds is 4. The summed E-state index contributed by atoms with van der Waals surface area (Å²) in [5, 5.41) is 3.27. The molecule has 2 heterocycles. The number of likely N-dealkylation sites (tertiary alicyclic amines) is 1. The van der Waals surface area contributed by atoms with Gasteiger partial charge in [-0.1, -0.05) is 0 Å². The molecule has 2 rings (SSSR count). The third-order valence-corrected chi connectivity index (χ3v) is 3.08. The topological polar surface area (TPSA) is 45.5 Å². The van der Waals surface area contributed by atoms with E-state index in [-0.39, 0.29) is 5.78 Å². The summed E-state index contributed by atoms with van der Waals surface area (Å²) in [4.78, 5) is 14.0. The monoisotopic (exact) mass is 222 g/mol. The molecule has 0 radical (unpaired) electrons. The molecule has 1 N–H and O–H groups in total. The molecule has 0 amide bonds. The Labute approximate surface area is 95.6 Å². The molecule has 1 unspecified atom stereocenters. The van der Waals surface area contributed by atoms with Crippen LogP contribution in [0.25, 0.3) is 0 Å². The third-order valence-electron chi connectivity index (χ3n) is 3.08. The fraction of sp³-hybridized carbons (Fsp3) is 0.583. The Hall–Kier alpha value is -1.13. The van der Waals surface area contributed by atoms with Gasteiger partial charge in [0, 0.05) is 12.6 Å². The van der Waals surface area contributed by atoms with E-state index >= 15 is 0 Å². The van der Waals surface area contributed by atoms with Gasteiger partial charge in [-0.05, 0) is 38.6 Å². The summed E-state index contributed by atoms with van der Waals surface area (Å²) < 4.78 is 5.10. The van der Waals surface area contributed by atoms with Gasteiger partial charge in [-0.15, -0.1) is 0 Å². The molecular formula is C12H18N2O2. The minimum Gasteiger partial charge on any atom is -0.461 e. The van der Waals surface area contributed by atoms with Crippen LogP contribution >= 0.6 is 0 Å². The average molecular weight is 222 g/mol. The number of nitrogens with zero attached hydrogens (tertiary/aromatic N) is 1. The summed E-state index contributed by atoms with van der Waals surface area (Å²) in [5.74, 6) is 0.535. The van der Waals surface area contributed by atoms with E-state index in [2.05, 4.69) is 10.2 Å². The standard InChI is InChI=1S/C12H18N2O2/c1-13-10-4-2-6-14(8-10)9-11(15)12-5-3-7-16-12/h3,5,7,10,13H,2,4,6,8-9H2,1H3. The Bertz CT molecular complexity index is 335. The first kappa shape index (κ1) is 11.4. The van der Waals surface area contributed by atoms with Crippen LogP contribution < -0.4 is 5.32 Å². The molecule has 0 saturated carbocycles. The summed E-state index contributed by atoms with van der Waals surface area (Å²) >= 11 is 0. The molecule has 0 spiro atoms. The highest BCUT2D eigenvalue weighted by molar-refractivity contribution is 5.94. The van der Waals surface area contributed by atoms with E-state index in [1.165, 1.54) is 6.42 Å². The third kappa shape index (κ3) is 2.71. The molecule has 16 heavy (non-hydrogen) atoms. The molecule has 1 saturated heterocycles. The van der Waals surface area contributed by atoms with E-state index in [1.54, 1.807) is 18.4 Å². The second-order valence-corrected chi connectivity index (χ2v) is 4.26. The predicted molar refractivity (Wildman–Crippen MR) is 61.6 cm³/mol. The van der Waals surface area contributed by atoms with Crippen LogP contribution in [0.4, 0.5) is 0 Å². The number of hydrogen-bond acceptors (Lipinski definition) is 4. The number of nitrogens with one attached hydrogen (secondary N) is 1. The Morgan fingerprint density at radius 2 is 2.56 bits per heavy atom. The molecule has 1 aliphatic heterocycles. The molecule has 1 aliphatic rings. The molecular weight excluding hydrogens is 204 g/mol. The van der Waals surface area contributed by atoms with Crippen LogP contribution in [0.5, 0.6) is 0 Å². The number of ketones is 1. The zero-order valence-corrected chi connectivity index (χ0v) is 9.61. The normalized spacial score (nSPS) is 22.2. The van der Waals surface area contributed by atoms with Crippen molar-refractivity contribution in [3.63, 3.8) is 0 Å². The van der Waals surface area contributed by atoms with Gasteiger partial charge >= 0.3 is 0 Å². The van der Waals surface area contributed by atoms with Crippen molar-refractivity contribution in [2.75, 3.05) is 26.7 Å². The first-order valence-electron chi connectivity index (χ1n) is 5.76. The smallest absolute Gasteiger partial charge is 0.211 e. The Kier molecular flexibility index (Phi) is 3.74. The fourth-order valence-electron chi connectivity index (χ4n) is 2.15. The molecule has 88 valence electrons. The van der Waals surface area contributed by atoms with E-state index in [0.717, 1.165) is 19.5 Å². The molecule has 0 bridgehead atoms. The largest absolute Gasteiger partial charge is 0.461 e. The molecule has 1 aromatic rings. The number of piperidine rings is 1. The van der Waals surface area contributed by atoms with Crippen molar-refractivity contribution < 1.29 is 9.21 Å². The molecule has 1 fully saturated rings. The minimum absolute atomic E-state index is 0.0711. The second-order valence-electron chi connectivity index (χ2n) is 4.26. The van der Waals surface area contributed by atoms with Crippen molar-refractivity contribution in [2.24, 2.45) is 0 Å². The highest BCUT2D eigenvalue weighted by Crippen LogP contribution is 2.11. The molecule has 0 aliphatic carbocycles. The molecule has 0 aromatic carbocycles. The lowest BCUT2D eigenvalue weighted by molar-refractivity contribution is 0.0874. The zero-order chi connectivity index (χ0) is 11.4. The Morgan fingerprint density at radius 3 is 3.25 bits per heavy atom. The van der Waals surface area contributed by atoms with Crippen molar-refractivity contribution in [2.45, 2.75) is 18.9 Å². The summed E-state index contributed by atoms with van der Waals surface area (Å²) in [5.41, 5.74) is 0. The van der Waals surface area contributed by atoms with Crippen LogP contribution in [0.3, 0.4) is 0 Å². The van der Waals surface area contributed by atoms with Gasteiger partial charge in [0.15, 0.2) is 5.76 Å². The van der Waals surface area contributed by atoms with Gasteiger partial charge in [-0.2, -0.15) is 0 Å². The molecule has 1 aromatic heterocycles. The Balaban J connectivity index is 1.87. The average Bonchev–Trinajstić information content (AvgIpc) is 2.83. The van der Waals surface area contributed by atoms with Gasteiger partial charge in [0.05, 0.1) is 12.8 Å². The number of likely N-dealkylation sites (N-methyl/N-ethyl adjacent to an activating group) is 1. The van der Waals surface area contributed by atoms with Crippen molar-refractivity contribution in [3.05, 3.63) is 24.2 Å². The van der Waals surface area contributed by atoms with Crippen molar-refractivity contribution in [1.82, 2.24) is 10.2 Å². The maximum absolute atomic E-state index is 11.8. The van der Waals surface area contributed by atoms with Gasteiger partial charge in [-0.3, -0.25) is 9.69 Å². The highest BCUT2D eigenvalue weighted by atomic mass is 16.3. The minimum atomic E-state index is 0.0711. The summed E-state index contributed by atoms with van der Waals surface area (Å²) in [6.45, 7) is 2.42. The van der Waals surface area contributed by atoms with Crippen LogP contribution in [-0.2, 0) is 0 Å². The van der Waals surface area contributed by atoms with Crippen LogP contribution in [0, 0.1) is 0 Å². The van der Waals surface area contributed by atoms with Gasteiger partial charge in [0.1, 0.15) is 0 Å². The Morgan fingerprint density at radius 1 is 1.69 bits per heavy atom. The maximum atomic E-state index is 11.8. The number of Topliss-reactive ketones (excluding diaryl/α,β-unsaturated/α-hetero) is 1. The predicted octanol–water partition coefficient (Wildman–Crippen LogP) is 1.15. The lowest BCUT2D eigenvalue weighted by Crippen LogP contribution is -2.46. The van der Waals surface area contributed by atoms with E-state index in [4.69, 9.17) is 4.42 Å². The summed E-state index contributed by atoms with van der Waals surface area (Å²) in [7, 11) is 1.97. The number of hydrogen-bond donors (Lipinski definition) is 1. The molecule has 4 heteroatoms. The second kappa shape index (κ2) is 5.27. The first-order chi connectivity index (χ1) is 7.79. The van der Waals surface area contributed by atoms with E-state index in [1.807, 2.05) is 7.05 Å². The summed E-state index contributed by atoms with van der Waals surface area (Å²) in [6.07, 6.45) is 3.89. The lowest BCUT2D eigenvalue weighted by Gasteiger charge is -2.31. The van der Waals surface area contributed by atoms with Crippen molar-refractivity contribution in [3.8, 4) is 0 Å². The molecule has 4 nitrogen and oxygen atoms in total. The van der Waals surface area contributed by atoms with E-state index in [9.17, 15) is 4.79 Å². The van der Waals surface area contributed by atoms with E-state index in [0.29, 0.717) is 18.3 Å². The van der Waals surface area contributed by atoms with Crippen LogP contribution in [0.15, 0.2) is 22.8 Å². The fourth-order valence-corrected chi connectivity index (χ4v) is 2.15. The van der Waals surface area contributed by atoms with Gasteiger partial charge in [0.2, 0.25) is 5.78 Å². The molecule has 1 atom stereocenters. The van der Waals surface area contributed by atoms with Crippen LogP contribution in [-0.4, -0.2) is 43.4 Å². The quantitative estimate of drug-likeness (QED) is 0.776. The van der Waals surface area contributed by atoms with Crippen molar-refractivity contribution >= 4 is 5.78 Å². The van der Waals surface area contributed by atoms with Gasteiger partial charge in [0.25, 0.3) is 0 Å².